The van der Waals surface area contributed by atoms with Gasteiger partial charge in [0.15, 0.2) is 0 Å². The zero-order valence-corrected chi connectivity index (χ0v) is 10.2. The number of halogens is 2. The third-order valence-corrected chi connectivity index (χ3v) is 3.73. The van der Waals surface area contributed by atoms with Crippen LogP contribution in [-0.4, -0.2) is 6.04 Å². The topological polar surface area (TPSA) is 12.0 Å². The van der Waals surface area contributed by atoms with E-state index in [1.807, 2.05) is 0 Å². The number of nitrogens with one attached hydrogen (secondary N) is 1. The Morgan fingerprint density at radius 3 is 2.71 bits per heavy atom. The average molecular weight is 239 g/mol. The van der Waals surface area contributed by atoms with E-state index in [-0.39, 0.29) is 11.6 Å². The molecule has 1 aliphatic carbocycles. The fraction of sp³-hybridized carbons (Fsp3) is 0.571. The Bertz CT molecular complexity index is 372. The van der Waals surface area contributed by atoms with Crippen LogP contribution in [0.15, 0.2) is 18.2 Å². The average Bonchev–Trinajstić information content (AvgIpc) is 2.83. The first-order valence-corrected chi connectivity index (χ1v) is 6.34. The molecule has 0 heterocycles. The zero-order chi connectivity index (χ0) is 12.3. The molecule has 0 aliphatic heterocycles. The van der Waals surface area contributed by atoms with Gasteiger partial charge < -0.3 is 5.32 Å². The molecule has 0 radical (unpaired) electrons. The van der Waals surface area contributed by atoms with Gasteiger partial charge in [0.25, 0.3) is 0 Å². The first kappa shape index (κ1) is 12.5. The number of benzene rings is 1. The van der Waals surface area contributed by atoms with E-state index in [1.54, 1.807) is 0 Å². The summed E-state index contributed by atoms with van der Waals surface area (Å²) < 4.78 is 26.4. The summed E-state index contributed by atoms with van der Waals surface area (Å²) in [5.41, 5.74) is 0.412. The van der Waals surface area contributed by atoms with Crippen LogP contribution in [0.3, 0.4) is 0 Å². The highest BCUT2D eigenvalue weighted by atomic mass is 19.1. The molecule has 2 rings (SSSR count). The Kier molecular flexibility index (Phi) is 4.11. The fourth-order valence-corrected chi connectivity index (χ4v) is 2.57. The predicted octanol–water partition coefficient (Wildman–Crippen LogP) is 3.63. The molecule has 94 valence electrons. The molecule has 1 saturated carbocycles. The minimum atomic E-state index is -0.378. The van der Waals surface area contributed by atoms with Crippen molar-refractivity contribution in [2.75, 3.05) is 0 Å². The lowest BCUT2D eigenvalue weighted by atomic mass is 9.99. The molecule has 17 heavy (non-hydrogen) atoms. The molecule has 1 aromatic carbocycles. The molecule has 0 amide bonds. The van der Waals surface area contributed by atoms with Crippen LogP contribution in [0, 0.1) is 17.6 Å². The summed E-state index contributed by atoms with van der Waals surface area (Å²) in [4.78, 5) is 0. The molecule has 0 unspecified atom stereocenters. The standard InChI is InChI=1S/C14H19F2N/c1-10(11-4-2-3-5-11)17-9-12-8-13(15)6-7-14(12)16/h6-8,10-11,17H,2-5,9H2,1H3/t10-/m0/s1. The van der Waals surface area contributed by atoms with Crippen LogP contribution in [-0.2, 0) is 6.54 Å². The molecule has 0 saturated heterocycles. The summed E-state index contributed by atoms with van der Waals surface area (Å²) >= 11 is 0. The van der Waals surface area contributed by atoms with Crippen molar-refractivity contribution in [3.05, 3.63) is 35.4 Å². The highest BCUT2D eigenvalue weighted by molar-refractivity contribution is 5.18. The van der Waals surface area contributed by atoms with Crippen molar-refractivity contribution in [3.63, 3.8) is 0 Å². The van der Waals surface area contributed by atoms with Crippen molar-refractivity contribution < 1.29 is 8.78 Å². The normalized spacial score (nSPS) is 18.5. The summed E-state index contributed by atoms with van der Waals surface area (Å²) in [5, 5.41) is 3.30. The summed E-state index contributed by atoms with van der Waals surface area (Å²) in [6, 6.07) is 3.98. The highest BCUT2D eigenvalue weighted by Crippen LogP contribution is 2.27. The molecule has 1 aliphatic rings. The number of rotatable bonds is 4. The maximum Gasteiger partial charge on any atom is 0.127 e. The van der Waals surface area contributed by atoms with E-state index in [1.165, 1.54) is 37.8 Å². The minimum Gasteiger partial charge on any atom is -0.310 e. The van der Waals surface area contributed by atoms with Crippen LogP contribution in [0.4, 0.5) is 8.78 Å². The van der Waals surface area contributed by atoms with Gasteiger partial charge in [-0.05, 0) is 43.9 Å². The van der Waals surface area contributed by atoms with Gasteiger partial charge in [-0.25, -0.2) is 8.78 Å². The van der Waals surface area contributed by atoms with Gasteiger partial charge in [-0.3, -0.25) is 0 Å². The quantitative estimate of drug-likeness (QED) is 0.846. The van der Waals surface area contributed by atoms with E-state index in [0.717, 1.165) is 6.07 Å². The van der Waals surface area contributed by atoms with Gasteiger partial charge in [0.1, 0.15) is 11.6 Å². The van der Waals surface area contributed by atoms with Crippen molar-refractivity contribution in [1.82, 2.24) is 5.32 Å². The highest BCUT2D eigenvalue weighted by Gasteiger charge is 2.21. The zero-order valence-electron chi connectivity index (χ0n) is 10.2. The van der Waals surface area contributed by atoms with Crippen LogP contribution >= 0.6 is 0 Å². The third kappa shape index (κ3) is 3.25. The second-order valence-corrected chi connectivity index (χ2v) is 4.95. The predicted molar refractivity (Wildman–Crippen MR) is 64.6 cm³/mol. The van der Waals surface area contributed by atoms with Crippen LogP contribution in [0.25, 0.3) is 0 Å². The largest absolute Gasteiger partial charge is 0.310 e. The van der Waals surface area contributed by atoms with Crippen molar-refractivity contribution in [3.8, 4) is 0 Å². The molecule has 1 atom stereocenters. The summed E-state index contributed by atoms with van der Waals surface area (Å²) in [6.07, 6.45) is 5.09. The molecule has 1 aromatic rings. The van der Waals surface area contributed by atoms with Gasteiger partial charge in [0.2, 0.25) is 0 Å². The molecule has 0 spiro atoms. The minimum absolute atomic E-state index is 0.336. The molecule has 1 nitrogen and oxygen atoms in total. The van der Waals surface area contributed by atoms with Gasteiger partial charge in [-0.1, -0.05) is 12.8 Å². The Labute approximate surface area is 101 Å². The first-order chi connectivity index (χ1) is 8.16. The second kappa shape index (κ2) is 5.58. The van der Waals surface area contributed by atoms with Crippen molar-refractivity contribution in [1.29, 1.82) is 0 Å². The van der Waals surface area contributed by atoms with E-state index >= 15 is 0 Å². The van der Waals surface area contributed by atoms with Gasteiger partial charge in [0.05, 0.1) is 0 Å². The summed E-state index contributed by atoms with van der Waals surface area (Å²) in [5.74, 6) is -0.0270. The van der Waals surface area contributed by atoms with E-state index in [0.29, 0.717) is 24.1 Å². The van der Waals surface area contributed by atoms with Gasteiger partial charge >= 0.3 is 0 Å². The van der Waals surface area contributed by atoms with E-state index in [9.17, 15) is 8.78 Å². The maximum atomic E-state index is 13.4. The fourth-order valence-electron chi connectivity index (χ4n) is 2.57. The molecule has 1 N–H and O–H groups in total. The van der Waals surface area contributed by atoms with E-state index in [4.69, 9.17) is 0 Å². The lowest BCUT2D eigenvalue weighted by molar-refractivity contribution is 0.377. The van der Waals surface area contributed by atoms with Crippen LogP contribution < -0.4 is 5.32 Å². The lowest BCUT2D eigenvalue weighted by Gasteiger charge is -2.20. The van der Waals surface area contributed by atoms with Crippen LogP contribution in [0.2, 0.25) is 0 Å². The van der Waals surface area contributed by atoms with Crippen molar-refractivity contribution in [2.45, 2.75) is 45.2 Å². The first-order valence-electron chi connectivity index (χ1n) is 6.34. The van der Waals surface area contributed by atoms with Crippen molar-refractivity contribution >= 4 is 0 Å². The lowest BCUT2D eigenvalue weighted by Crippen LogP contribution is -2.32. The Morgan fingerprint density at radius 2 is 2.00 bits per heavy atom. The Hall–Kier alpha value is -0.960. The number of hydrogen-bond acceptors (Lipinski definition) is 1. The Morgan fingerprint density at radius 1 is 1.29 bits per heavy atom. The molecule has 0 aromatic heterocycles. The SMILES string of the molecule is C[C@H](NCc1cc(F)ccc1F)C1CCCC1. The van der Waals surface area contributed by atoms with Gasteiger partial charge in [-0.15, -0.1) is 0 Å². The molecule has 0 bridgehead atoms. The van der Waals surface area contributed by atoms with Gasteiger partial charge in [-0.2, -0.15) is 0 Å². The van der Waals surface area contributed by atoms with Gasteiger partial charge in [0, 0.05) is 18.2 Å². The molecule has 1 fully saturated rings. The van der Waals surface area contributed by atoms with Crippen molar-refractivity contribution in [2.24, 2.45) is 5.92 Å². The second-order valence-electron chi connectivity index (χ2n) is 4.95. The van der Waals surface area contributed by atoms with Crippen LogP contribution in [0.1, 0.15) is 38.2 Å². The molecule has 3 heteroatoms. The summed E-state index contributed by atoms with van der Waals surface area (Å²) in [6.45, 7) is 2.54. The maximum absolute atomic E-state index is 13.4. The number of hydrogen-bond donors (Lipinski definition) is 1. The molecular weight excluding hydrogens is 220 g/mol. The Balaban J connectivity index is 1.90. The van der Waals surface area contributed by atoms with E-state index < -0.39 is 0 Å². The smallest absolute Gasteiger partial charge is 0.127 e. The van der Waals surface area contributed by atoms with Crippen LogP contribution in [0.5, 0.6) is 0 Å². The third-order valence-electron chi connectivity index (χ3n) is 3.73. The molecular formula is C14H19F2N. The monoisotopic (exact) mass is 239 g/mol. The van der Waals surface area contributed by atoms with E-state index in [2.05, 4.69) is 12.2 Å². The summed E-state index contributed by atoms with van der Waals surface area (Å²) in [7, 11) is 0.